The largest absolute Gasteiger partial charge is 0.497 e. The normalized spacial score (nSPS) is 12.1. The number of para-hydroxylation sites is 1. The number of benzene rings is 3. The van der Waals surface area contributed by atoms with E-state index in [0.717, 1.165) is 11.1 Å². The molecular weight excluding hydrogens is 440 g/mol. The summed E-state index contributed by atoms with van der Waals surface area (Å²) in [5.41, 5.74) is 2.44. The van der Waals surface area contributed by atoms with Gasteiger partial charge in [0.15, 0.2) is 0 Å². The summed E-state index contributed by atoms with van der Waals surface area (Å²) in [6.07, 6.45) is -0.0768. The maximum atomic E-state index is 13.0. The second-order valence-corrected chi connectivity index (χ2v) is 9.27. The van der Waals surface area contributed by atoms with Crippen LogP contribution in [0.3, 0.4) is 0 Å². The van der Waals surface area contributed by atoms with Crippen LogP contribution >= 0.6 is 0 Å². The van der Waals surface area contributed by atoms with Crippen molar-refractivity contribution >= 4 is 15.9 Å². The summed E-state index contributed by atoms with van der Waals surface area (Å²) in [7, 11) is -0.722. The molecular formula is C25H28N2O5S. The van der Waals surface area contributed by atoms with E-state index in [0.29, 0.717) is 17.1 Å². The van der Waals surface area contributed by atoms with Crippen LogP contribution in [-0.4, -0.2) is 28.5 Å². The molecule has 0 fully saturated rings. The lowest BCUT2D eigenvalue weighted by atomic mass is 10.0. The average molecular weight is 469 g/mol. The van der Waals surface area contributed by atoms with E-state index in [1.807, 2.05) is 31.2 Å². The van der Waals surface area contributed by atoms with Gasteiger partial charge >= 0.3 is 0 Å². The number of nitrogens with one attached hydrogen (secondary N) is 2. The van der Waals surface area contributed by atoms with Crippen LogP contribution in [-0.2, 0) is 21.4 Å². The number of sulfonamides is 1. The first-order valence-corrected chi connectivity index (χ1v) is 11.9. The van der Waals surface area contributed by atoms with Crippen molar-refractivity contribution in [3.63, 3.8) is 0 Å². The molecule has 0 heterocycles. The van der Waals surface area contributed by atoms with Gasteiger partial charge in [0.25, 0.3) is 0 Å². The molecule has 0 spiro atoms. The Labute approximate surface area is 194 Å². The van der Waals surface area contributed by atoms with E-state index >= 15 is 0 Å². The van der Waals surface area contributed by atoms with Crippen molar-refractivity contribution in [2.24, 2.45) is 0 Å². The van der Waals surface area contributed by atoms with Gasteiger partial charge in [-0.1, -0.05) is 48.0 Å². The molecule has 7 nitrogen and oxygen atoms in total. The Morgan fingerprint density at radius 2 is 1.58 bits per heavy atom. The molecule has 1 unspecified atom stereocenters. The van der Waals surface area contributed by atoms with Gasteiger partial charge in [0.1, 0.15) is 11.5 Å². The molecule has 0 aliphatic carbocycles. The summed E-state index contributed by atoms with van der Waals surface area (Å²) >= 11 is 0. The molecule has 0 aromatic heterocycles. The molecule has 2 N–H and O–H groups in total. The van der Waals surface area contributed by atoms with E-state index in [2.05, 4.69) is 10.0 Å². The van der Waals surface area contributed by atoms with Crippen molar-refractivity contribution in [1.82, 2.24) is 10.0 Å². The van der Waals surface area contributed by atoms with Crippen LogP contribution in [0.25, 0.3) is 0 Å². The fourth-order valence-electron chi connectivity index (χ4n) is 3.34. The Hall–Kier alpha value is -3.36. The zero-order valence-corrected chi connectivity index (χ0v) is 19.7. The van der Waals surface area contributed by atoms with Gasteiger partial charge in [-0.05, 0) is 42.8 Å². The zero-order valence-electron chi connectivity index (χ0n) is 18.9. The Bertz CT molecular complexity index is 1180. The minimum Gasteiger partial charge on any atom is -0.497 e. The quantitative estimate of drug-likeness (QED) is 0.473. The molecule has 1 amide bonds. The summed E-state index contributed by atoms with van der Waals surface area (Å²) in [5.74, 6) is 1.01. The van der Waals surface area contributed by atoms with Gasteiger partial charge in [0, 0.05) is 18.5 Å². The molecule has 0 radical (unpaired) electrons. The predicted molar refractivity (Wildman–Crippen MR) is 127 cm³/mol. The van der Waals surface area contributed by atoms with E-state index in [1.165, 1.54) is 0 Å². The van der Waals surface area contributed by atoms with Gasteiger partial charge in [-0.25, -0.2) is 13.1 Å². The van der Waals surface area contributed by atoms with E-state index in [4.69, 9.17) is 9.47 Å². The number of hydrogen-bond donors (Lipinski definition) is 2. The zero-order chi connectivity index (χ0) is 23.8. The minimum absolute atomic E-state index is 0.0768. The average Bonchev–Trinajstić information content (AvgIpc) is 2.82. The highest BCUT2D eigenvalue weighted by Gasteiger charge is 2.24. The summed E-state index contributed by atoms with van der Waals surface area (Å²) in [4.78, 5) is 12.9. The fraction of sp³-hybridized carbons (Fsp3) is 0.240. The van der Waals surface area contributed by atoms with E-state index < -0.39 is 16.1 Å². The molecule has 3 rings (SSSR count). The second kappa shape index (κ2) is 11.0. The predicted octanol–water partition coefficient (Wildman–Crippen LogP) is 3.74. The van der Waals surface area contributed by atoms with Crippen LogP contribution in [0, 0.1) is 6.92 Å². The van der Waals surface area contributed by atoms with Crippen molar-refractivity contribution in [3.05, 3.63) is 89.5 Å². The molecule has 174 valence electrons. The topological polar surface area (TPSA) is 93.7 Å². The molecule has 0 bridgehead atoms. The van der Waals surface area contributed by atoms with Crippen LogP contribution in [0.15, 0.2) is 77.7 Å². The third-order valence-electron chi connectivity index (χ3n) is 5.20. The Balaban J connectivity index is 1.79. The highest BCUT2D eigenvalue weighted by Crippen LogP contribution is 2.24. The number of carbonyl (C=O) groups excluding carboxylic acids is 1. The Kier molecular flexibility index (Phi) is 8.08. The lowest BCUT2D eigenvalue weighted by Gasteiger charge is -2.20. The van der Waals surface area contributed by atoms with Gasteiger partial charge < -0.3 is 14.8 Å². The highest BCUT2D eigenvalue weighted by atomic mass is 32.2. The molecule has 8 heteroatoms. The molecule has 0 saturated carbocycles. The molecule has 3 aromatic carbocycles. The monoisotopic (exact) mass is 468 g/mol. The first-order chi connectivity index (χ1) is 15.8. The number of methoxy groups -OCH3 is 2. The van der Waals surface area contributed by atoms with Gasteiger partial charge in [-0.3, -0.25) is 4.79 Å². The number of carbonyl (C=O) groups is 1. The van der Waals surface area contributed by atoms with Gasteiger partial charge in [-0.15, -0.1) is 0 Å². The molecule has 3 aromatic rings. The van der Waals surface area contributed by atoms with Crippen molar-refractivity contribution in [2.75, 3.05) is 14.2 Å². The lowest BCUT2D eigenvalue weighted by molar-refractivity contribution is -0.121. The molecule has 33 heavy (non-hydrogen) atoms. The number of aryl methyl sites for hydroxylation is 1. The fourth-order valence-corrected chi connectivity index (χ4v) is 4.56. The third-order valence-corrected chi connectivity index (χ3v) is 6.69. The number of rotatable bonds is 10. The molecule has 0 aliphatic heterocycles. The van der Waals surface area contributed by atoms with Crippen molar-refractivity contribution in [2.45, 2.75) is 30.8 Å². The minimum atomic E-state index is -3.84. The van der Waals surface area contributed by atoms with Gasteiger partial charge in [-0.2, -0.15) is 0 Å². The maximum Gasteiger partial charge on any atom is 0.241 e. The van der Waals surface area contributed by atoms with Crippen LogP contribution < -0.4 is 19.5 Å². The van der Waals surface area contributed by atoms with Gasteiger partial charge in [0.05, 0.1) is 25.2 Å². The smallest absolute Gasteiger partial charge is 0.241 e. The molecule has 1 atom stereocenters. The van der Waals surface area contributed by atoms with Crippen molar-refractivity contribution < 1.29 is 22.7 Å². The first-order valence-electron chi connectivity index (χ1n) is 10.4. The van der Waals surface area contributed by atoms with Crippen LogP contribution in [0.4, 0.5) is 0 Å². The summed E-state index contributed by atoms with van der Waals surface area (Å²) < 4.78 is 39.2. The number of ether oxygens (including phenoxy) is 2. The summed E-state index contributed by atoms with van der Waals surface area (Å²) in [6.45, 7) is 2.15. The summed E-state index contributed by atoms with van der Waals surface area (Å²) in [5, 5.41) is 2.85. The maximum absolute atomic E-state index is 13.0. The number of amides is 1. The second-order valence-electron chi connectivity index (χ2n) is 7.55. The lowest BCUT2D eigenvalue weighted by Crippen LogP contribution is -2.33. The highest BCUT2D eigenvalue weighted by molar-refractivity contribution is 7.89. The van der Waals surface area contributed by atoms with Crippen molar-refractivity contribution in [1.29, 1.82) is 0 Å². The van der Waals surface area contributed by atoms with Crippen LogP contribution in [0.1, 0.15) is 29.2 Å². The third kappa shape index (κ3) is 6.57. The number of hydrogen-bond acceptors (Lipinski definition) is 5. The van der Waals surface area contributed by atoms with E-state index in [-0.39, 0.29) is 23.8 Å². The summed E-state index contributed by atoms with van der Waals surface area (Å²) in [6, 6.07) is 20.1. The van der Waals surface area contributed by atoms with Crippen LogP contribution in [0.2, 0.25) is 0 Å². The van der Waals surface area contributed by atoms with E-state index in [1.54, 1.807) is 62.8 Å². The Morgan fingerprint density at radius 3 is 2.21 bits per heavy atom. The SMILES string of the molecule is COc1ccc(C(CC(=O)NCc2ccccc2OC)NS(=O)(=O)c2ccc(C)cc2)cc1. The standard InChI is InChI=1S/C25H28N2O5S/c1-18-8-14-22(15-9-18)33(29,30)27-23(19-10-12-21(31-2)13-11-19)16-25(28)26-17-20-6-4-5-7-24(20)32-3/h4-15,23,27H,16-17H2,1-3H3,(H,26,28). The molecule has 0 saturated heterocycles. The van der Waals surface area contributed by atoms with Gasteiger partial charge in [0.2, 0.25) is 15.9 Å². The van der Waals surface area contributed by atoms with Crippen molar-refractivity contribution in [3.8, 4) is 11.5 Å². The Morgan fingerprint density at radius 1 is 0.909 bits per heavy atom. The first kappa shape index (κ1) is 24.3. The van der Waals surface area contributed by atoms with Crippen LogP contribution in [0.5, 0.6) is 11.5 Å². The molecule has 0 aliphatic rings. The van der Waals surface area contributed by atoms with E-state index in [9.17, 15) is 13.2 Å².